The molecule has 0 spiro atoms. The first-order valence-corrected chi connectivity index (χ1v) is 6.74. The van der Waals surface area contributed by atoms with Crippen molar-refractivity contribution in [2.75, 3.05) is 0 Å². The van der Waals surface area contributed by atoms with Crippen LogP contribution < -0.4 is 11.3 Å². The van der Waals surface area contributed by atoms with Crippen LogP contribution in [0, 0.1) is 0 Å². The molecule has 17 heavy (non-hydrogen) atoms. The van der Waals surface area contributed by atoms with Gasteiger partial charge in [0.1, 0.15) is 5.84 Å². The summed E-state index contributed by atoms with van der Waals surface area (Å²) in [5.74, 6) is 6.28. The maximum Gasteiger partial charge on any atom is 0.144 e. The highest BCUT2D eigenvalue weighted by Crippen LogP contribution is 2.21. The first-order chi connectivity index (χ1) is 8.29. The SMILES string of the molecule is NNC(=NC1CCCCC1)c1cncc(Br)c1. The van der Waals surface area contributed by atoms with E-state index in [1.54, 1.807) is 12.4 Å². The van der Waals surface area contributed by atoms with Gasteiger partial charge in [-0.15, -0.1) is 0 Å². The van der Waals surface area contributed by atoms with Gasteiger partial charge in [0.25, 0.3) is 0 Å². The van der Waals surface area contributed by atoms with E-state index in [1.165, 1.54) is 19.3 Å². The van der Waals surface area contributed by atoms with E-state index < -0.39 is 0 Å². The zero-order chi connectivity index (χ0) is 12.1. The second-order valence-electron chi connectivity index (χ2n) is 4.31. The van der Waals surface area contributed by atoms with Gasteiger partial charge >= 0.3 is 0 Å². The number of amidine groups is 1. The summed E-state index contributed by atoms with van der Waals surface area (Å²) in [7, 11) is 0. The first-order valence-electron chi connectivity index (χ1n) is 5.95. The molecule has 1 saturated carbocycles. The van der Waals surface area contributed by atoms with Crippen LogP contribution in [0.1, 0.15) is 37.7 Å². The largest absolute Gasteiger partial charge is 0.308 e. The Labute approximate surface area is 110 Å². The molecule has 5 heteroatoms. The summed E-state index contributed by atoms with van der Waals surface area (Å²) in [5.41, 5.74) is 3.61. The summed E-state index contributed by atoms with van der Waals surface area (Å²) in [6, 6.07) is 2.36. The summed E-state index contributed by atoms with van der Waals surface area (Å²) in [6.45, 7) is 0. The third-order valence-corrected chi connectivity index (χ3v) is 3.44. The lowest BCUT2D eigenvalue weighted by Gasteiger charge is -2.19. The highest BCUT2D eigenvalue weighted by Gasteiger charge is 2.13. The summed E-state index contributed by atoms with van der Waals surface area (Å²) in [4.78, 5) is 8.81. The number of pyridine rings is 1. The molecule has 0 unspecified atom stereocenters. The zero-order valence-electron chi connectivity index (χ0n) is 9.69. The van der Waals surface area contributed by atoms with Crippen LogP contribution in [-0.2, 0) is 0 Å². The number of halogens is 1. The molecule has 0 amide bonds. The lowest BCUT2D eigenvalue weighted by molar-refractivity contribution is 0.442. The van der Waals surface area contributed by atoms with Crippen molar-refractivity contribution in [2.24, 2.45) is 10.8 Å². The maximum absolute atomic E-state index is 5.55. The van der Waals surface area contributed by atoms with E-state index in [4.69, 9.17) is 5.84 Å². The molecule has 4 nitrogen and oxygen atoms in total. The molecule has 3 N–H and O–H groups in total. The Balaban J connectivity index is 2.17. The van der Waals surface area contributed by atoms with Crippen LogP contribution in [0.2, 0.25) is 0 Å². The zero-order valence-corrected chi connectivity index (χ0v) is 11.3. The minimum absolute atomic E-state index is 0.397. The minimum Gasteiger partial charge on any atom is -0.308 e. The molecule has 92 valence electrons. The molecule has 0 aromatic carbocycles. The van der Waals surface area contributed by atoms with Crippen molar-refractivity contribution in [1.29, 1.82) is 0 Å². The number of hydrogen-bond acceptors (Lipinski definition) is 3. The van der Waals surface area contributed by atoms with Crippen molar-refractivity contribution in [2.45, 2.75) is 38.1 Å². The number of nitrogens with zero attached hydrogens (tertiary/aromatic N) is 2. The van der Waals surface area contributed by atoms with Crippen LogP contribution in [0.5, 0.6) is 0 Å². The molecule has 0 aliphatic heterocycles. The van der Waals surface area contributed by atoms with E-state index in [-0.39, 0.29) is 0 Å². The van der Waals surface area contributed by atoms with Crippen LogP contribution in [0.15, 0.2) is 27.9 Å². The van der Waals surface area contributed by atoms with Gasteiger partial charge in [0.05, 0.1) is 6.04 Å². The summed E-state index contributed by atoms with van der Waals surface area (Å²) in [6.07, 6.45) is 9.70. The third-order valence-electron chi connectivity index (χ3n) is 3.00. The summed E-state index contributed by atoms with van der Waals surface area (Å²) >= 11 is 3.40. The van der Waals surface area contributed by atoms with Crippen molar-refractivity contribution in [3.05, 3.63) is 28.5 Å². The Bertz CT molecular complexity index is 399. The van der Waals surface area contributed by atoms with Gasteiger partial charge in [-0.25, -0.2) is 5.84 Å². The van der Waals surface area contributed by atoms with E-state index in [1.807, 2.05) is 6.07 Å². The number of hydrogen-bond donors (Lipinski definition) is 2. The Morgan fingerprint density at radius 1 is 1.35 bits per heavy atom. The quantitative estimate of drug-likeness (QED) is 0.381. The van der Waals surface area contributed by atoms with Crippen LogP contribution in [0.3, 0.4) is 0 Å². The van der Waals surface area contributed by atoms with Gasteiger partial charge in [-0.1, -0.05) is 19.3 Å². The standard InChI is InChI=1S/C12H17BrN4/c13-10-6-9(7-15-8-10)12(17-14)16-11-4-2-1-3-5-11/h6-8,11H,1-5,14H2,(H,16,17). The lowest BCUT2D eigenvalue weighted by atomic mass is 9.96. The first kappa shape index (κ1) is 12.5. The van der Waals surface area contributed by atoms with E-state index >= 15 is 0 Å². The van der Waals surface area contributed by atoms with Gasteiger partial charge in [-0.2, -0.15) is 0 Å². The molecule has 1 aliphatic carbocycles. The highest BCUT2D eigenvalue weighted by atomic mass is 79.9. The van der Waals surface area contributed by atoms with Crippen LogP contribution >= 0.6 is 15.9 Å². The molecule has 0 bridgehead atoms. The van der Waals surface area contributed by atoms with Gasteiger partial charge < -0.3 is 5.43 Å². The smallest absolute Gasteiger partial charge is 0.144 e. The number of aliphatic imine (C=N–C) groups is 1. The Kier molecular flexibility index (Phi) is 4.50. The van der Waals surface area contributed by atoms with Crippen LogP contribution in [0.25, 0.3) is 0 Å². The van der Waals surface area contributed by atoms with Crippen LogP contribution in [-0.4, -0.2) is 16.9 Å². The van der Waals surface area contributed by atoms with Crippen molar-refractivity contribution in [3.63, 3.8) is 0 Å². The molecule has 1 fully saturated rings. The average molecular weight is 297 g/mol. The second-order valence-corrected chi connectivity index (χ2v) is 5.22. The molecule has 0 atom stereocenters. The monoisotopic (exact) mass is 296 g/mol. The van der Waals surface area contributed by atoms with Crippen molar-refractivity contribution in [3.8, 4) is 0 Å². The Morgan fingerprint density at radius 2 is 2.12 bits per heavy atom. The number of nitrogens with two attached hydrogens (primary N) is 1. The van der Waals surface area contributed by atoms with Crippen molar-refractivity contribution in [1.82, 2.24) is 10.4 Å². The number of aromatic nitrogens is 1. The fourth-order valence-electron chi connectivity index (χ4n) is 2.13. The van der Waals surface area contributed by atoms with Gasteiger partial charge in [0, 0.05) is 22.4 Å². The number of hydrazine groups is 1. The fourth-order valence-corrected chi connectivity index (χ4v) is 2.49. The molecule has 1 aromatic rings. The van der Waals surface area contributed by atoms with E-state index in [0.29, 0.717) is 6.04 Å². The van der Waals surface area contributed by atoms with Crippen molar-refractivity contribution >= 4 is 21.8 Å². The molecular formula is C12H17BrN4. The molecule has 1 aliphatic rings. The average Bonchev–Trinajstić information content (AvgIpc) is 2.37. The van der Waals surface area contributed by atoms with Crippen molar-refractivity contribution < 1.29 is 0 Å². The van der Waals surface area contributed by atoms with Gasteiger partial charge in [0.2, 0.25) is 0 Å². The predicted octanol–water partition coefficient (Wildman–Crippen LogP) is 2.39. The topological polar surface area (TPSA) is 63.3 Å². The Morgan fingerprint density at radius 3 is 2.76 bits per heavy atom. The lowest BCUT2D eigenvalue weighted by Crippen LogP contribution is -2.32. The number of nitrogens with one attached hydrogen (secondary N) is 1. The molecular weight excluding hydrogens is 280 g/mol. The molecule has 2 rings (SSSR count). The second kappa shape index (κ2) is 6.12. The van der Waals surface area contributed by atoms with E-state index in [9.17, 15) is 0 Å². The highest BCUT2D eigenvalue weighted by molar-refractivity contribution is 9.10. The van der Waals surface area contributed by atoms with Gasteiger partial charge in [-0.3, -0.25) is 9.98 Å². The molecule has 0 radical (unpaired) electrons. The van der Waals surface area contributed by atoms with Gasteiger partial charge in [0.15, 0.2) is 0 Å². The number of rotatable bonds is 2. The normalized spacial score (nSPS) is 18.1. The molecule has 1 aromatic heterocycles. The third kappa shape index (κ3) is 3.51. The molecule has 1 heterocycles. The summed E-state index contributed by atoms with van der Waals surface area (Å²) in [5, 5.41) is 0. The fraction of sp³-hybridized carbons (Fsp3) is 0.500. The van der Waals surface area contributed by atoms with E-state index in [0.717, 1.165) is 28.7 Å². The predicted molar refractivity (Wildman–Crippen MR) is 72.7 cm³/mol. The maximum atomic E-state index is 5.55. The van der Waals surface area contributed by atoms with Gasteiger partial charge in [-0.05, 0) is 34.8 Å². The Hall–Kier alpha value is -0.940. The summed E-state index contributed by atoms with van der Waals surface area (Å²) < 4.78 is 0.932. The molecule has 0 saturated heterocycles. The minimum atomic E-state index is 0.397. The van der Waals surface area contributed by atoms with E-state index in [2.05, 4.69) is 31.3 Å². The van der Waals surface area contributed by atoms with Crippen LogP contribution in [0.4, 0.5) is 0 Å².